The number of likely N-dealkylation sites (N-methyl/N-ethyl adjacent to an activating group) is 1. The van der Waals surface area contributed by atoms with E-state index in [0.717, 1.165) is 5.69 Å². The number of methoxy groups -OCH3 is 3. The lowest BCUT2D eigenvalue weighted by atomic mass is 9.44. The number of carbonyl (C=O) groups is 2. The van der Waals surface area contributed by atoms with Crippen molar-refractivity contribution in [2.24, 2.45) is 29.1 Å². The van der Waals surface area contributed by atoms with Crippen LogP contribution < -0.4 is 5.32 Å². The minimum atomic E-state index is -1.51. The number of nitrogens with one attached hydrogen (secondary N) is 1. The Morgan fingerprint density at radius 2 is 1.82 bits per heavy atom. The Morgan fingerprint density at radius 1 is 1.04 bits per heavy atom. The highest BCUT2D eigenvalue weighted by molar-refractivity contribution is 6.09. The fourth-order valence-corrected chi connectivity index (χ4v) is 12.6. The summed E-state index contributed by atoms with van der Waals surface area (Å²) < 4.78 is 25.3. The minimum Gasteiger partial charge on any atom is -0.454 e. The third-order valence-corrected chi connectivity index (χ3v) is 14.2. The molecule has 8 rings (SSSR count). The number of anilines is 1. The lowest BCUT2D eigenvalue weighted by molar-refractivity contribution is -0.337. The summed E-state index contributed by atoms with van der Waals surface area (Å²) in [5, 5.41) is 28.9. The molecule has 12 atom stereocenters. The van der Waals surface area contributed by atoms with Gasteiger partial charge in [-0.25, -0.2) is 4.79 Å². The number of esters is 1. The molecule has 1 spiro atoms. The highest BCUT2D eigenvalue weighted by Crippen LogP contribution is 2.79. The van der Waals surface area contributed by atoms with Crippen LogP contribution in [0.5, 0.6) is 0 Å². The standard InChI is InChI=1S/C40H51N3O8/c1-7-43-21-37(51-36(45)25-13-8-9-14-28(25)42-35(44)22(2)17-24-12-10-11-23(3)41-24)16-15-32(49-5)39-30(37)19-27(33(39)43)38(46)20-29(48-4)26-18-31(39)40(38,47)34(26)50-6/h8-14,17,26-27,29-34,46-47H,7,15-16,18-21H2,1-6H3,(H,42,44)/b22-17+/t26-,27-,29+,30-,31+,32+,33?,34?,37-,38+,39+,40+/m1/s1. The second-order valence-electron chi connectivity index (χ2n) is 16.0. The number of ether oxygens (including phenoxy) is 4. The number of para-hydroxylation sites is 1. The highest BCUT2D eigenvalue weighted by Gasteiger charge is 2.89. The van der Waals surface area contributed by atoms with Gasteiger partial charge in [-0.2, -0.15) is 0 Å². The number of likely N-dealkylation sites (tertiary alicyclic amines) is 1. The molecule has 6 fully saturated rings. The molecule has 1 amide bonds. The van der Waals surface area contributed by atoms with Crippen molar-refractivity contribution in [2.45, 2.75) is 94.0 Å². The second kappa shape index (κ2) is 12.2. The lowest BCUT2D eigenvalue weighted by Crippen LogP contribution is -2.83. The van der Waals surface area contributed by atoms with E-state index in [1.54, 1.807) is 58.6 Å². The van der Waals surface area contributed by atoms with Crippen molar-refractivity contribution >= 4 is 23.6 Å². The number of fused-ring (bicyclic) bond motifs is 2. The van der Waals surface area contributed by atoms with Gasteiger partial charge < -0.3 is 34.5 Å². The van der Waals surface area contributed by atoms with Gasteiger partial charge in [-0.1, -0.05) is 25.1 Å². The van der Waals surface area contributed by atoms with Crippen molar-refractivity contribution in [2.75, 3.05) is 39.7 Å². The van der Waals surface area contributed by atoms with E-state index in [-0.39, 0.29) is 53.4 Å². The van der Waals surface area contributed by atoms with Gasteiger partial charge in [0.2, 0.25) is 0 Å². The van der Waals surface area contributed by atoms with E-state index in [0.29, 0.717) is 62.1 Å². The molecule has 6 aliphatic rings. The van der Waals surface area contributed by atoms with Gasteiger partial charge in [-0.05, 0) is 76.4 Å². The predicted octanol–water partition coefficient (Wildman–Crippen LogP) is 4.01. The van der Waals surface area contributed by atoms with E-state index < -0.39 is 34.3 Å². The van der Waals surface area contributed by atoms with Crippen molar-refractivity contribution in [3.63, 3.8) is 0 Å². The molecule has 1 saturated heterocycles. The number of hydrogen-bond donors (Lipinski definition) is 3. The summed E-state index contributed by atoms with van der Waals surface area (Å²) in [6.07, 6.45) is 3.44. The van der Waals surface area contributed by atoms with Crippen molar-refractivity contribution in [3.8, 4) is 0 Å². The molecular formula is C40H51N3O8. The van der Waals surface area contributed by atoms with Crippen LogP contribution in [-0.4, -0.2) is 108 Å². The molecule has 2 unspecified atom stereocenters. The highest BCUT2D eigenvalue weighted by atomic mass is 16.6. The van der Waals surface area contributed by atoms with E-state index in [4.69, 9.17) is 18.9 Å². The van der Waals surface area contributed by atoms with E-state index >= 15 is 0 Å². The van der Waals surface area contributed by atoms with Crippen molar-refractivity contribution in [3.05, 3.63) is 65.0 Å². The number of amides is 1. The molecule has 51 heavy (non-hydrogen) atoms. The van der Waals surface area contributed by atoms with Crippen LogP contribution in [0.1, 0.15) is 67.7 Å². The van der Waals surface area contributed by atoms with Crippen LogP contribution in [0.4, 0.5) is 5.69 Å². The number of aryl methyl sites for hydroxylation is 1. The molecule has 5 aliphatic carbocycles. The largest absolute Gasteiger partial charge is 0.454 e. The quantitative estimate of drug-likeness (QED) is 0.260. The smallest absolute Gasteiger partial charge is 0.340 e. The number of hydrogen-bond acceptors (Lipinski definition) is 10. The molecule has 0 radical (unpaired) electrons. The second-order valence-corrected chi connectivity index (χ2v) is 16.0. The van der Waals surface area contributed by atoms with Gasteiger partial charge in [-0.15, -0.1) is 0 Å². The molecule has 1 aromatic carbocycles. The number of pyridine rings is 1. The van der Waals surface area contributed by atoms with Crippen LogP contribution >= 0.6 is 0 Å². The molecule has 11 nitrogen and oxygen atoms in total. The van der Waals surface area contributed by atoms with Crippen LogP contribution in [0.25, 0.3) is 6.08 Å². The Morgan fingerprint density at radius 3 is 2.53 bits per heavy atom. The normalized spacial score (nSPS) is 42.1. The number of rotatable bonds is 9. The Bertz CT molecular complexity index is 1770. The lowest BCUT2D eigenvalue weighted by Gasteiger charge is -2.70. The van der Waals surface area contributed by atoms with Crippen LogP contribution in [0.3, 0.4) is 0 Å². The molecule has 2 heterocycles. The summed E-state index contributed by atoms with van der Waals surface area (Å²) in [6.45, 7) is 6.94. The minimum absolute atomic E-state index is 0.0732. The van der Waals surface area contributed by atoms with Crippen molar-refractivity contribution in [1.82, 2.24) is 9.88 Å². The zero-order valence-electron chi connectivity index (χ0n) is 30.4. The topological polar surface area (TPSA) is 140 Å². The molecule has 1 aromatic heterocycles. The summed E-state index contributed by atoms with van der Waals surface area (Å²) in [4.78, 5) is 34.8. The third kappa shape index (κ3) is 4.54. The van der Waals surface area contributed by atoms with E-state index in [9.17, 15) is 19.8 Å². The molecule has 5 saturated carbocycles. The first-order valence-corrected chi connectivity index (χ1v) is 18.5. The van der Waals surface area contributed by atoms with Gasteiger partial charge in [0.15, 0.2) is 0 Å². The van der Waals surface area contributed by atoms with Gasteiger partial charge in [0, 0.05) is 80.7 Å². The first kappa shape index (κ1) is 34.9. The average Bonchev–Trinajstić information content (AvgIpc) is 3.54. The summed E-state index contributed by atoms with van der Waals surface area (Å²) in [5.41, 5.74) is -1.84. The molecular weight excluding hydrogens is 650 g/mol. The van der Waals surface area contributed by atoms with Gasteiger partial charge >= 0.3 is 5.97 Å². The van der Waals surface area contributed by atoms with Crippen LogP contribution in [0.2, 0.25) is 0 Å². The van der Waals surface area contributed by atoms with Crippen molar-refractivity contribution < 1.29 is 38.7 Å². The Labute approximate surface area is 299 Å². The van der Waals surface area contributed by atoms with Gasteiger partial charge in [0.1, 0.15) is 16.8 Å². The van der Waals surface area contributed by atoms with E-state index in [1.165, 1.54) is 0 Å². The molecule has 2 aromatic rings. The van der Waals surface area contributed by atoms with Crippen molar-refractivity contribution in [1.29, 1.82) is 0 Å². The Hall–Kier alpha value is -3.19. The summed E-state index contributed by atoms with van der Waals surface area (Å²) in [5.74, 6) is -1.78. The fourth-order valence-electron chi connectivity index (χ4n) is 12.6. The van der Waals surface area contributed by atoms with Gasteiger partial charge in [0.25, 0.3) is 5.91 Å². The Kier molecular flexibility index (Phi) is 8.33. The summed E-state index contributed by atoms with van der Waals surface area (Å²) in [7, 11) is 5.06. The van der Waals surface area contributed by atoms with E-state index in [2.05, 4.69) is 22.1 Å². The van der Waals surface area contributed by atoms with Gasteiger partial charge in [-0.3, -0.25) is 14.7 Å². The van der Waals surface area contributed by atoms with Crippen LogP contribution in [-0.2, 0) is 23.7 Å². The molecule has 3 N–H and O–H groups in total. The summed E-state index contributed by atoms with van der Waals surface area (Å²) >= 11 is 0. The number of carbonyl (C=O) groups excluding carboxylic acids is 2. The van der Waals surface area contributed by atoms with Crippen LogP contribution in [0, 0.1) is 36.0 Å². The van der Waals surface area contributed by atoms with E-state index in [1.807, 2.05) is 25.1 Å². The number of nitrogens with zero attached hydrogens (tertiary/aromatic N) is 2. The average molecular weight is 702 g/mol. The molecule has 11 heteroatoms. The SMILES string of the molecule is CCN1C[C@]2(OC(=O)c3ccccc3NC(=O)/C(C)=C/c3cccc(C)n3)CC[C@H](OC)[C@]34C1[C@@H](C[C@H]23)[C@@]1(O)C[C@H](OC)[C@H]2C[C@@H]4[C@]1(O)C2OC. The first-order chi connectivity index (χ1) is 24.4. The number of piperidine rings is 1. The first-order valence-electron chi connectivity index (χ1n) is 18.5. The number of aromatic nitrogens is 1. The molecule has 7 bridgehead atoms. The monoisotopic (exact) mass is 701 g/mol. The maximum Gasteiger partial charge on any atom is 0.340 e. The molecule has 274 valence electrons. The summed E-state index contributed by atoms with van der Waals surface area (Å²) in [6, 6.07) is 12.5. The zero-order valence-corrected chi connectivity index (χ0v) is 30.4. The third-order valence-electron chi connectivity index (χ3n) is 14.2. The Balaban J connectivity index is 1.16. The zero-order chi connectivity index (χ0) is 36.1. The maximum atomic E-state index is 14.5. The maximum absolute atomic E-state index is 14.5. The number of benzene rings is 1. The van der Waals surface area contributed by atoms with Gasteiger partial charge in [0.05, 0.1) is 35.3 Å². The number of aliphatic hydroxyl groups is 2. The van der Waals surface area contributed by atoms with Crippen LogP contribution in [0.15, 0.2) is 48.0 Å². The predicted molar refractivity (Wildman–Crippen MR) is 189 cm³/mol. The molecule has 1 aliphatic heterocycles. The fraction of sp³-hybridized carbons (Fsp3) is 0.625.